The van der Waals surface area contributed by atoms with E-state index in [4.69, 9.17) is 0 Å². The Morgan fingerprint density at radius 1 is 1.18 bits per heavy atom. The summed E-state index contributed by atoms with van der Waals surface area (Å²) >= 11 is 2.60. The summed E-state index contributed by atoms with van der Waals surface area (Å²) in [6.45, 7) is 0.725. The third kappa shape index (κ3) is 5.40. The summed E-state index contributed by atoms with van der Waals surface area (Å²) in [4.78, 5) is 22.4. The smallest absolute Gasteiger partial charge is 0.461 e. The van der Waals surface area contributed by atoms with Crippen molar-refractivity contribution in [1.29, 1.82) is 0 Å². The molecule has 22 heavy (non-hydrogen) atoms. The molecule has 0 fully saturated rings. The molecule has 0 radical (unpaired) electrons. The standard InChI is InChI=1S/C10H10F6O5S/c1-3-19-7(18)9(10(14,15)16,20-4-8(12,13)22)21-6(17)5(2)11/h22H,2-4H2,1H3. The van der Waals surface area contributed by atoms with Crippen LogP contribution < -0.4 is 0 Å². The molecular formula is C10H10F6O5S. The van der Waals surface area contributed by atoms with Crippen molar-refractivity contribution in [3.05, 3.63) is 12.4 Å². The van der Waals surface area contributed by atoms with E-state index in [0.29, 0.717) is 0 Å². The fourth-order valence-corrected chi connectivity index (χ4v) is 1.05. The summed E-state index contributed by atoms with van der Waals surface area (Å²) in [5.41, 5.74) is 0. The van der Waals surface area contributed by atoms with Crippen LogP contribution in [0.15, 0.2) is 12.4 Å². The molecule has 0 saturated carbocycles. The third-order valence-corrected chi connectivity index (χ3v) is 1.95. The predicted molar refractivity (Wildman–Crippen MR) is 61.6 cm³/mol. The topological polar surface area (TPSA) is 61.8 Å². The Balaban J connectivity index is 5.77. The summed E-state index contributed by atoms with van der Waals surface area (Å²) in [7, 11) is 0. The molecule has 0 amide bonds. The van der Waals surface area contributed by atoms with Gasteiger partial charge in [-0.05, 0) is 6.92 Å². The van der Waals surface area contributed by atoms with Crippen molar-refractivity contribution < 1.29 is 50.1 Å². The molecule has 0 aliphatic rings. The molecule has 0 aliphatic carbocycles. The van der Waals surface area contributed by atoms with Crippen LogP contribution >= 0.6 is 12.6 Å². The molecule has 128 valence electrons. The second kappa shape index (κ2) is 7.22. The van der Waals surface area contributed by atoms with Gasteiger partial charge in [-0.15, -0.1) is 12.6 Å². The van der Waals surface area contributed by atoms with Crippen molar-refractivity contribution in [3.63, 3.8) is 0 Å². The number of rotatable bonds is 7. The van der Waals surface area contributed by atoms with Crippen molar-refractivity contribution in [3.8, 4) is 0 Å². The number of alkyl halides is 5. The quantitative estimate of drug-likeness (QED) is 0.250. The van der Waals surface area contributed by atoms with Crippen LogP contribution in [-0.4, -0.2) is 42.4 Å². The van der Waals surface area contributed by atoms with Crippen molar-refractivity contribution in [2.45, 2.75) is 24.1 Å². The van der Waals surface area contributed by atoms with E-state index >= 15 is 0 Å². The molecule has 0 aromatic carbocycles. The van der Waals surface area contributed by atoms with Crippen LogP contribution in [0.2, 0.25) is 0 Å². The largest absolute Gasteiger partial charge is 0.468 e. The lowest BCUT2D eigenvalue weighted by molar-refractivity contribution is -0.359. The maximum atomic E-state index is 13.0. The van der Waals surface area contributed by atoms with Crippen LogP contribution in [0.5, 0.6) is 0 Å². The summed E-state index contributed by atoms with van der Waals surface area (Å²) in [5.74, 6) is -11.3. The minimum atomic E-state index is -5.84. The zero-order valence-electron chi connectivity index (χ0n) is 10.9. The van der Waals surface area contributed by atoms with Gasteiger partial charge in [0.25, 0.3) is 0 Å². The molecule has 0 aromatic rings. The number of hydrogen-bond acceptors (Lipinski definition) is 6. The molecule has 0 N–H and O–H groups in total. The van der Waals surface area contributed by atoms with E-state index in [0.717, 1.165) is 6.92 Å². The van der Waals surface area contributed by atoms with Gasteiger partial charge in [-0.1, -0.05) is 6.58 Å². The van der Waals surface area contributed by atoms with Gasteiger partial charge >= 0.3 is 29.2 Å². The van der Waals surface area contributed by atoms with Gasteiger partial charge in [-0.25, -0.2) is 9.59 Å². The number of thiol groups is 1. The van der Waals surface area contributed by atoms with Gasteiger partial charge in [0, 0.05) is 0 Å². The van der Waals surface area contributed by atoms with Crippen LogP contribution in [0.25, 0.3) is 0 Å². The summed E-state index contributed by atoms with van der Waals surface area (Å²) in [5, 5.41) is -4.11. The van der Waals surface area contributed by atoms with E-state index in [2.05, 4.69) is 33.4 Å². The highest BCUT2D eigenvalue weighted by Crippen LogP contribution is 2.38. The molecule has 0 rings (SSSR count). The minimum Gasteiger partial charge on any atom is -0.461 e. The summed E-state index contributed by atoms with van der Waals surface area (Å²) in [6.07, 6.45) is -5.84. The highest BCUT2D eigenvalue weighted by Gasteiger charge is 2.68. The van der Waals surface area contributed by atoms with Gasteiger partial charge in [0.1, 0.15) is 6.61 Å². The Kier molecular flexibility index (Phi) is 6.75. The van der Waals surface area contributed by atoms with Crippen molar-refractivity contribution >= 4 is 24.6 Å². The molecule has 0 heterocycles. The lowest BCUT2D eigenvalue weighted by Gasteiger charge is -2.32. The van der Waals surface area contributed by atoms with Gasteiger partial charge in [0.2, 0.25) is 5.83 Å². The number of carbonyl (C=O) groups excluding carboxylic acids is 2. The van der Waals surface area contributed by atoms with Crippen molar-refractivity contribution in [2.24, 2.45) is 0 Å². The average molecular weight is 356 g/mol. The zero-order chi connectivity index (χ0) is 17.8. The van der Waals surface area contributed by atoms with E-state index in [1.54, 1.807) is 0 Å². The number of halogens is 6. The molecule has 0 aliphatic heterocycles. The highest BCUT2D eigenvalue weighted by molar-refractivity contribution is 7.81. The van der Waals surface area contributed by atoms with Gasteiger partial charge in [-0.3, -0.25) is 0 Å². The molecule has 1 unspecified atom stereocenters. The monoisotopic (exact) mass is 356 g/mol. The van der Waals surface area contributed by atoms with E-state index in [1.807, 2.05) is 0 Å². The van der Waals surface area contributed by atoms with Crippen LogP contribution in [0.4, 0.5) is 26.3 Å². The normalized spacial score (nSPS) is 14.9. The fourth-order valence-electron chi connectivity index (χ4n) is 0.986. The molecule has 0 saturated heterocycles. The predicted octanol–water partition coefficient (Wildman–Crippen LogP) is 2.37. The number of ether oxygens (including phenoxy) is 3. The second-order valence-electron chi connectivity index (χ2n) is 3.58. The molecule has 1 atom stereocenters. The van der Waals surface area contributed by atoms with Crippen LogP contribution in [-0.2, 0) is 23.8 Å². The zero-order valence-corrected chi connectivity index (χ0v) is 11.8. The molecular weight excluding hydrogens is 346 g/mol. The lowest BCUT2D eigenvalue weighted by Crippen LogP contribution is -2.59. The number of hydrogen-bond donors (Lipinski definition) is 1. The molecule has 0 aromatic heterocycles. The first-order chi connectivity index (χ1) is 9.77. The fraction of sp³-hybridized carbons (Fsp3) is 0.600. The second-order valence-corrected chi connectivity index (χ2v) is 4.24. The molecule has 5 nitrogen and oxygen atoms in total. The van der Waals surface area contributed by atoms with Gasteiger partial charge in [0.15, 0.2) is 0 Å². The molecule has 0 spiro atoms. The number of esters is 2. The Labute approximate surface area is 125 Å². The Morgan fingerprint density at radius 2 is 1.68 bits per heavy atom. The average Bonchev–Trinajstić information content (AvgIpc) is 2.31. The minimum absolute atomic E-state index is 0.634. The number of carbonyl (C=O) groups is 2. The summed E-state index contributed by atoms with van der Waals surface area (Å²) < 4.78 is 88.0. The third-order valence-electron chi connectivity index (χ3n) is 1.82. The van der Waals surface area contributed by atoms with Crippen molar-refractivity contribution in [2.75, 3.05) is 13.2 Å². The van der Waals surface area contributed by atoms with Gasteiger partial charge < -0.3 is 14.2 Å². The summed E-state index contributed by atoms with van der Waals surface area (Å²) in [6, 6.07) is 0. The van der Waals surface area contributed by atoms with Gasteiger partial charge in [-0.2, -0.15) is 26.3 Å². The van der Waals surface area contributed by atoms with E-state index in [9.17, 15) is 35.9 Å². The van der Waals surface area contributed by atoms with E-state index in [-0.39, 0.29) is 0 Å². The first kappa shape index (κ1) is 20.6. The van der Waals surface area contributed by atoms with Crippen LogP contribution in [0, 0.1) is 0 Å². The first-order valence-corrected chi connectivity index (χ1v) is 5.77. The lowest BCUT2D eigenvalue weighted by atomic mass is 10.2. The van der Waals surface area contributed by atoms with E-state index in [1.165, 1.54) is 0 Å². The molecule has 12 heteroatoms. The Morgan fingerprint density at radius 3 is 2.00 bits per heavy atom. The van der Waals surface area contributed by atoms with Crippen molar-refractivity contribution in [1.82, 2.24) is 0 Å². The van der Waals surface area contributed by atoms with Gasteiger partial charge in [0.05, 0.1) is 6.61 Å². The van der Waals surface area contributed by atoms with E-state index < -0.39 is 48.2 Å². The SMILES string of the molecule is C=C(F)C(=O)OC(OCC(F)(F)S)(C(=O)OCC)C(F)(F)F. The Bertz CT molecular complexity index is 446. The van der Waals surface area contributed by atoms with Crippen LogP contribution in [0.3, 0.4) is 0 Å². The van der Waals surface area contributed by atoms with Crippen LogP contribution in [0.1, 0.15) is 6.92 Å². The molecule has 0 bridgehead atoms. The maximum Gasteiger partial charge on any atom is 0.468 e. The Hall–Kier alpha value is -1.43. The maximum absolute atomic E-state index is 13.0. The first-order valence-electron chi connectivity index (χ1n) is 5.32. The highest BCUT2D eigenvalue weighted by atomic mass is 32.1.